The lowest BCUT2D eigenvalue weighted by Crippen LogP contribution is -2.48. The molecule has 1 saturated carbocycles. The summed E-state index contributed by atoms with van der Waals surface area (Å²) in [7, 11) is 2.79. The second-order valence-electron chi connectivity index (χ2n) is 6.89. The number of methoxy groups -OCH3 is 2. The Morgan fingerprint density at radius 2 is 1.92 bits per heavy atom. The van der Waals surface area contributed by atoms with Gasteiger partial charge in [-0.05, 0) is 56.2 Å². The summed E-state index contributed by atoms with van der Waals surface area (Å²) in [5.41, 5.74) is -0.00340. The highest BCUT2D eigenvalue weighted by Crippen LogP contribution is 2.36. The number of amides is 1. The zero-order valence-electron chi connectivity index (χ0n) is 16.1. The van der Waals surface area contributed by atoms with Gasteiger partial charge in [-0.3, -0.25) is 4.79 Å². The Balaban J connectivity index is 2.21. The minimum absolute atomic E-state index is 0.154. The summed E-state index contributed by atoms with van der Waals surface area (Å²) in [6.07, 6.45) is 4.21. The molecule has 0 unspecified atom stereocenters. The Morgan fingerprint density at radius 3 is 2.50 bits per heavy atom. The van der Waals surface area contributed by atoms with Gasteiger partial charge in [-0.15, -0.1) is 0 Å². The van der Waals surface area contributed by atoms with Gasteiger partial charge in [0, 0.05) is 12.3 Å². The van der Waals surface area contributed by atoms with Crippen LogP contribution in [-0.2, 0) is 14.3 Å². The van der Waals surface area contributed by atoms with Gasteiger partial charge in [0.15, 0.2) is 0 Å². The smallest absolute Gasteiger partial charge is 0.341 e. The quantitative estimate of drug-likeness (QED) is 0.746. The van der Waals surface area contributed by atoms with Crippen molar-refractivity contribution in [2.75, 3.05) is 26.1 Å². The molecule has 26 heavy (non-hydrogen) atoms. The van der Waals surface area contributed by atoms with Crippen molar-refractivity contribution in [2.45, 2.75) is 51.6 Å². The molecular formula is C20H29NO5. The van der Waals surface area contributed by atoms with Crippen LogP contribution in [-0.4, -0.2) is 38.3 Å². The molecule has 0 bridgehead atoms. The molecule has 1 aromatic carbocycles. The summed E-state index contributed by atoms with van der Waals surface area (Å²) in [5.74, 6) is 0.339. The molecule has 0 atom stereocenters. The molecule has 2 rings (SSSR count). The molecule has 0 saturated heterocycles. The summed E-state index contributed by atoms with van der Waals surface area (Å²) in [6.45, 7) is 4.79. The van der Waals surface area contributed by atoms with E-state index >= 15 is 0 Å². The van der Waals surface area contributed by atoms with Crippen LogP contribution in [0, 0.1) is 5.92 Å². The molecule has 0 radical (unpaired) electrons. The first-order valence-electron chi connectivity index (χ1n) is 9.17. The van der Waals surface area contributed by atoms with E-state index in [2.05, 4.69) is 12.2 Å². The van der Waals surface area contributed by atoms with Crippen molar-refractivity contribution in [3.63, 3.8) is 0 Å². The van der Waals surface area contributed by atoms with E-state index < -0.39 is 11.6 Å². The van der Waals surface area contributed by atoms with Gasteiger partial charge in [0.2, 0.25) is 0 Å². The zero-order chi connectivity index (χ0) is 19.2. The summed E-state index contributed by atoms with van der Waals surface area (Å²) < 4.78 is 16.0. The molecule has 1 aromatic rings. The van der Waals surface area contributed by atoms with Crippen LogP contribution in [0.15, 0.2) is 18.2 Å². The number of rotatable bonds is 7. The van der Waals surface area contributed by atoms with E-state index in [-0.39, 0.29) is 11.5 Å². The fourth-order valence-corrected chi connectivity index (χ4v) is 3.26. The van der Waals surface area contributed by atoms with Gasteiger partial charge >= 0.3 is 5.97 Å². The maximum Gasteiger partial charge on any atom is 0.341 e. The molecule has 1 amide bonds. The van der Waals surface area contributed by atoms with Gasteiger partial charge in [0.05, 0.1) is 14.2 Å². The van der Waals surface area contributed by atoms with Crippen molar-refractivity contribution >= 4 is 17.6 Å². The molecule has 1 N–H and O–H groups in total. The van der Waals surface area contributed by atoms with Crippen molar-refractivity contribution in [1.82, 2.24) is 0 Å². The molecule has 1 aliphatic carbocycles. The maximum atomic E-state index is 13.0. The van der Waals surface area contributed by atoms with Crippen LogP contribution < -0.4 is 10.1 Å². The minimum atomic E-state index is -0.798. The number of nitrogens with one attached hydrogen (secondary N) is 1. The third-order valence-corrected chi connectivity index (χ3v) is 4.94. The van der Waals surface area contributed by atoms with Gasteiger partial charge in [-0.2, -0.15) is 0 Å². The summed E-state index contributed by atoms with van der Waals surface area (Å²) in [5, 5.41) is 2.92. The van der Waals surface area contributed by atoms with Crippen LogP contribution in [0.4, 0.5) is 5.69 Å². The first-order chi connectivity index (χ1) is 12.5. The highest BCUT2D eigenvalue weighted by atomic mass is 16.5. The Hall–Kier alpha value is -2.08. The number of hydrogen-bond donors (Lipinski definition) is 1. The molecular weight excluding hydrogens is 334 g/mol. The Morgan fingerprint density at radius 1 is 1.23 bits per heavy atom. The standard InChI is InChI=1S/C20H29NO5/c1-5-12-26-20(10-8-14(2)9-11-20)19(23)21-15-6-7-17(24-3)16(13-15)18(22)25-4/h6-7,13-14H,5,8-12H2,1-4H3,(H,21,23). The fourth-order valence-electron chi connectivity index (χ4n) is 3.26. The molecule has 0 aromatic heterocycles. The van der Waals surface area contributed by atoms with Crippen LogP contribution in [0.3, 0.4) is 0 Å². The number of hydrogen-bond acceptors (Lipinski definition) is 5. The lowest BCUT2D eigenvalue weighted by Gasteiger charge is -2.38. The topological polar surface area (TPSA) is 73.9 Å². The van der Waals surface area contributed by atoms with Crippen molar-refractivity contribution < 1.29 is 23.8 Å². The molecule has 1 fully saturated rings. The minimum Gasteiger partial charge on any atom is -0.496 e. The van der Waals surface area contributed by atoms with E-state index in [1.807, 2.05) is 6.92 Å². The lowest BCUT2D eigenvalue weighted by atomic mass is 9.78. The van der Waals surface area contributed by atoms with Gasteiger partial charge in [-0.1, -0.05) is 13.8 Å². The van der Waals surface area contributed by atoms with E-state index in [9.17, 15) is 9.59 Å². The summed E-state index contributed by atoms with van der Waals surface area (Å²) in [6, 6.07) is 4.92. The number of carbonyl (C=O) groups is 2. The third kappa shape index (κ3) is 4.55. The van der Waals surface area contributed by atoms with Crippen LogP contribution in [0.5, 0.6) is 5.75 Å². The van der Waals surface area contributed by atoms with Gasteiger partial charge in [0.25, 0.3) is 5.91 Å². The summed E-state index contributed by atoms with van der Waals surface area (Å²) >= 11 is 0. The normalized spacial score (nSPS) is 22.5. The van der Waals surface area contributed by atoms with E-state index in [1.165, 1.54) is 14.2 Å². The summed E-state index contributed by atoms with van der Waals surface area (Å²) in [4.78, 5) is 25.0. The second kappa shape index (κ2) is 9.03. The first kappa shape index (κ1) is 20.2. The number of anilines is 1. The molecule has 6 nitrogen and oxygen atoms in total. The number of ether oxygens (including phenoxy) is 3. The highest BCUT2D eigenvalue weighted by molar-refractivity contribution is 5.99. The molecule has 0 spiro atoms. The van der Waals surface area contributed by atoms with Crippen molar-refractivity contribution in [1.29, 1.82) is 0 Å². The van der Waals surface area contributed by atoms with Crippen LogP contribution >= 0.6 is 0 Å². The van der Waals surface area contributed by atoms with Crippen molar-refractivity contribution in [2.24, 2.45) is 5.92 Å². The Labute approximate surface area is 155 Å². The van der Waals surface area contributed by atoms with Crippen LogP contribution in [0.2, 0.25) is 0 Å². The molecule has 1 aliphatic rings. The van der Waals surface area contributed by atoms with Crippen molar-refractivity contribution in [3.8, 4) is 5.75 Å². The predicted molar refractivity (Wildman–Crippen MR) is 99.6 cm³/mol. The monoisotopic (exact) mass is 363 g/mol. The molecule has 6 heteroatoms. The van der Waals surface area contributed by atoms with Crippen LogP contribution in [0.1, 0.15) is 56.3 Å². The average Bonchev–Trinajstić information content (AvgIpc) is 2.67. The van der Waals surface area contributed by atoms with E-state index in [1.54, 1.807) is 18.2 Å². The third-order valence-electron chi connectivity index (χ3n) is 4.94. The molecule has 0 aliphatic heterocycles. The van der Waals surface area contributed by atoms with Crippen LogP contribution in [0.25, 0.3) is 0 Å². The number of benzene rings is 1. The largest absolute Gasteiger partial charge is 0.496 e. The fraction of sp³-hybridized carbons (Fsp3) is 0.600. The Bertz CT molecular complexity index is 630. The average molecular weight is 363 g/mol. The van der Waals surface area contributed by atoms with Gasteiger partial charge in [-0.25, -0.2) is 4.79 Å². The van der Waals surface area contributed by atoms with Gasteiger partial charge < -0.3 is 19.5 Å². The maximum absolute atomic E-state index is 13.0. The van der Waals surface area contributed by atoms with Gasteiger partial charge in [0.1, 0.15) is 16.9 Å². The van der Waals surface area contributed by atoms with E-state index in [4.69, 9.17) is 14.2 Å². The molecule has 0 heterocycles. The van der Waals surface area contributed by atoms with Crippen molar-refractivity contribution in [3.05, 3.63) is 23.8 Å². The lowest BCUT2D eigenvalue weighted by molar-refractivity contribution is -0.147. The molecule has 144 valence electrons. The number of carbonyl (C=O) groups excluding carboxylic acids is 2. The van der Waals surface area contributed by atoms with E-state index in [0.717, 1.165) is 19.3 Å². The second-order valence-corrected chi connectivity index (χ2v) is 6.89. The van der Waals surface area contributed by atoms with E-state index in [0.29, 0.717) is 36.8 Å². The Kier molecular flexibility index (Phi) is 7.03. The first-order valence-corrected chi connectivity index (χ1v) is 9.17. The SMILES string of the molecule is CCCOC1(C(=O)Nc2ccc(OC)c(C(=O)OC)c2)CCC(C)CC1. The number of esters is 1. The zero-order valence-corrected chi connectivity index (χ0v) is 16.1. The predicted octanol–water partition coefficient (Wildman–Crippen LogP) is 3.80. The highest BCUT2D eigenvalue weighted by Gasteiger charge is 2.42.